The predicted molar refractivity (Wildman–Crippen MR) is 128 cm³/mol. The van der Waals surface area contributed by atoms with Crippen LogP contribution in [0.3, 0.4) is 0 Å². The second kappa shape index (κ2) is 9.49. The Morgan fingerprint density at radius 2 is 1.81 bits per heavy atom. The summed E-state index contributed by atoms with van der Waals surface area (Å²) < 4.78 is 8.06. The molecule has 0 saturated carbocycles. The van der Waals surface area contributed by atoms with Crippen molar-refractivity contribution >= 4 is 56.0 Å². The molecule has 1 heterocycles. The Bertz CT molecular complexity index is 1340. The Morgan fingerprint density at radius 3 is 2.58 bits per heavy atom. The molecule has 1 aromatic heterocycles. The van der Waals surface area contributed by atoms with Gasteiger partial charge in [0.1, 0.15) is 0 Å². The average molecular weight is 451 g/mol. The summed E-state index contributed by atoms with van der Waals surface area (Å²) in [4.78, 5) is 30.2. The van der Waals surface area contributed by atoms with Crippen molar-refractivity contribution in [2.24, 2.45) is 4.99 Å². The maximum absolute atomic E-state index is 13.0. The summed E-state index contributed by atoms with van der Waals surface area (Å²) >= 11 is 3.14. The van der Waals surface area contributed by atoms with Crippen LogP contribution in [0.5, 0.6) is 0 Å². The third kappa shape index (κ3) is 4.57. The summed E-state index contributed by atoms with van der Waals surface area (Å²) in [6.45, 7) is 2.84. The van der Waals surface area contributed by atoms with Gasteiger partial charge in [0.05, 0.1) is 22.4 Å². The number of fused-ring (bicyclic) bond motifs is 2. The van der Waals surface area contributed by atoms with E-state index in [2.05, 4.69) is 4.99 Å². The van der Waals surface area contributed by atoms with Crippen molar-refractivity contribution in [1.29, 1.82) is 0 Å². The van der Waals surface area contributed by atoms with E-state index in [0.29, 0.717) is 22.5 Å². The fraction of sp³-hybridized carbons (Fsp3) is 0.208. The largest absolute Gasteiger partial charge is 0.462 e. The van der Waals surface area contributed by atoms with Crippen LogP contribution in [0, 0.1) is 0 Å². The molecule has 158 valence electrons. The number of rotatable bonds is 6. The summed E-state index contributed by atoms with van der Waals surface area (Å²) in [5.41, 5.74) is 2.01. The number of aryl methyl sites for hydroxylation is 1. The summed E-state index contributed by atoms with van der Waals surface area (Å²) in [7, 11) is 0. The van der Waals surface area contributed by atoms with Crippen LogP contribution in [-0.2, 0) is 11.3 Å². The lowest BCUT2D eigenvalue weighted by Gasteiger charge is -2.05. The lowest BCUT2D eigenvalue weighted by molar-refractivity contribution is 0.0526. The topological polar surface area (TPSA) is 60.7 Å². The molecule has 0 aliphatic carbocycles. The van der Waals surface area contributed by atoms with Crippen molar-refractivity contribution in [2.75, 3.05) is 18.6 Å². The Balaban J connectivity index is 1.78. The van der Waals surface area contributed by atoms with Gasteiger partial charge in [-0.25, -0.2) is 4.79 Å². The molecule has 0 bridgehead atoms. The van der Waals surface area contributed by atoms with Crippen LogP contribution >= 0.6 is 23.1 Å². The summed E-state index contributed by atoms with van der Waals surface area (Å²) in [5, 5.41) is 2.09. The summed E-state index contributed by atoms with van der Waals surface area (Å²) in [6, 6.07) is 19.0. The Labute approximate surface area is 188 Å². The first kappa shape index (κ1) is 21.3. The molecule has 0 unspecified atom stereocenters. The number of hydrogen-bond donors (Lipinski definition) is 0. The molecular weight excluding hydrogens is 428 g/mol. The smallest absolute Gasteiger partial charge is 0.338 e. The maximum atomic E-state index is 13.0. The van der Waals surface area contributed by atoms with Gasteiger partial charge in [-0.15, -0.1) is 0 Å². The minimum Gasteiger partial charge on any atom is -0.462 e. The van der Waals surface area contributed by atoms with Gasteiger partial charge in [-0.05, 0) is 54.3 Å². The van der Waals surface area contributed by atoms with Crippen LogP contribution in [0.15, 0.2) is 65.7 Å². The van der Waals surface area contributed by atoms with Gasteiger partial charge in [0.15, 0.2) is 4.80 Å². The van der Waals surface area contributed by atoms with E-state index in [4.69, 9.17) is 4.74 Å². The lowest BCUT2D eigenvalue weighted by Crippen LogP contribution is -2.18. The maximum Gasteiger partial charge on any atom is 0.338 e. The zero-order valence-corrected chi connectivity index (χ0v) is 19.0. The molecule has 4 rings (SSSR count). The number of thiazole rings is 1. The number of aromatic nitrogens is 1. The highest BCUT2D eigenvalue weighted by molar-refractivity contribution is 7.98. The Hall–Kier alpha value is -2.90. The van der Waals surface area contributed by atoms with Gasteiger partial charge in [-0.1, -0.05) is 41.7 Å². The molecule has 0 aliphatic rings. The molecule has 0 spiro atoms. The molecule has 0 radical (unpaired) electrons. The van der Waals surface area contributed by atoms with E-state index in [-0.39, 0.29) is 11.9 Å². The van der Waals surface area contributed by atoms with Crippen LogP contribution in [0.2, 0.25) is 0 Å². The van der Waals surface area contributed by atoms with E-state index in [1.54, 1.807) is 24.8 Å². The Kier molecular flexibility index (Phi) is 6.53. The fourth-order valence-electron chi connectivity index (χ4n) is 3.37. The minimum absolute atomic E-state index is 0.277. The van der Waals surface area contributed by atoms with Gasteiger partial charge in [-0.3, -0.25) is 4.79 Å². The van der Waals surface area contributed by atoms with Gasteiger partial charge in [0.2, 0.25) is 0 Å². The number of esters is 1. The van der Waals surface area contributed by atoms with Crippen LogP contribution in [-0.4, -0.2) is 35.1 Å². The van der Waals surface area contributed by atoms with Crippen molar-refractivity contribution in [3.8, 4) is 0 Å². The van der Waals surface area contributed by atoms with Crippen LogP contribution in [0.1, 0.15) is 27.6 Å². The molecule has 7 heteroatoms. The summed E-state index contributed by atoms with van der Waals surface area (Å²) in [5.74, 6) is 0.267. The first-order chi connectivity index (χ1) is 15.1. The molecule has 4 aromatic rings. The first-order valence-electron chi connectivity index (χ1n) is 9.98. The molecule has 5 nitrogen and oxygen atoms in total. The number of benzene rings is 3. The molecule has 1 amide bonds. The molecule has 31 heavy (non-hydrogen) atoms. The van der Waals surface area contributed by atoms with Crippen molar-refractivity contribution in [3.63, 3.8) is 0 Å². The van der Waals surface area contributed by atoms with E-state index >= 15 is 0 Å². The number of amides is 1. The third-order valence-electron chi connectivity index (χ3n) is 4.91. The number of hydrogen-bond acceptors (Lipinski definition) is 5. The van der Waals surface area contributed by atoms with Crippen LogP contribution < -0.4 is 4.80 Å². The Morgan fingerprint density at radius 1 is 1.03 bits per heavy atom. The molecule has 0 fully saturated rings. The molecule has 0 N–H and O–H groups in total. The standard InChI is InChI=1S/C24H22N2O3S2/c1-3-29-23(28)19-10-11-20-21(15-19)31-24(26(20)12-13-30-2)25-22(27)18-9-8-16-6-4-5-7-17(16)14-18/h4-11,14-15H,3,12-13H2,1-2H3. The molecule has 0 saturated heterocycles. The minimum atomic E-state index is -0.348. The van der Waals surface area contributed by atoms with Crippen LogP contribution in [0.4, 0.5) is 0 Å². The zero-order valence-electron chi connectivity index (χ0n) is 17.3. The normalized spacial score (nSPS) is 11.9. The van der Waals surface area contributed by atoms with E-state index in [0.717, 1.165) is 33.3 Å². The number of ether oxygens (including phenoxy) is 1. The molecular formula is C24H22N2O3S2. The fourth-order valence-corrected chi connectivity index (χ4v) is 4.83. The highest BCUT2D eigenvalue weighted by atomic mass is 32.2. The van der Waals surface area contributed by atoms with E-state index in [1.165, 1.54) is 11.3 Å². The van der Waals surface area contributed by atoms with Crippen LogP contribution in [0.25, 0.3) is 21.0 Å². The van der Waals surface area contributed by atoms with Gasteiger partial charge in [0, 0.05) is 17.9 Å². The number of nitrogens with zero attached hydrogens (tertiary/aromatic N) is 2. The van der Waals surface area contributed by atoms with Gasteiger partial charge < -0.3 is 9.30 Å². The van der Waals surface area contributed by atoms with Crippen molar-refractivity contribution in [2.45, 2.75) is 13.5 Å². The van der Waals surface area contributed by atoms with Gasteiger partial charge >= 0.3 is 5.97 Å². The number of thioether (sulfide) groups is 1. The van der Waals surface area contributed by atoms with Crippen molar-refractivity contribution in [3.05, 3.63) is 76.6 Å². The predicted octanol–water partition coefficient (Wildman–Crippen LogP) is 5.14. The molecule has 0 atom stereocenters. The monoisotopic (exact) mass is 450 g/mol. The molecule has 0 aliphatic heterocycles. The zero-order chi connectivity index (χ0) is 21.8. The number of carbonyl (C=O) groups excluding carboxylic acids is 2. The highest BCUT2D eigenvalue weighted by Crippen LogP contribution is 2.21. The second-order valence-electron chi connectivity index (χ2n) is 6.91. The third-order valence-corrected chi connectivity index (χ3v) is 6.54. The first-order valence-corrected chi connectivity index (χ1v) is 12.2. The second-order valence-corrected chi connectivity index (χ2v) is 8.91. The lowest BCUT2D eigenvalue weighted by atomic mass is 10.1. The van der Waals surface area contributed by atoms with E-state index in [9.17, 15) is 9.59 Å². The van der Waals surface area contributed by atoms with Crippen molar-refractivity contribution in [1.82, 2.24) is 4.57 Å². The van der Waals surface area contributed by atoms with E-state index in [1.807, 2.05) is 65.4 Å². The van der Waals surface area contributed by atoms with Crippen molar-refractivity contribution < 1.29 is 14.3 Å². The van der Waals surface area contributed by atoms with E-state index < -0.39 is 0 Å². The average Bonchev–Trinajstić information content (AvgIpc) is 3.13. The van der Waals surface area contributed by atoms with Gasteiger partial charge in [0.25, 0.3) is 5.91 Å². The summed E-state index contributed by atoms with van der Waals surface area (Å²) in [6.07, 6.45) is 2.05. The van der Waals surface area contributed by atoms with Gasteiger partial charge in [-0.2, -0.15) is 16.8 Å². The SMILES string of the molecule is CCOC(=O)c1ccc2c(c1)sc(=NC(=O)c1ccc3ccccc3c1)n2CCSC. The molecule has 3 aromatic carbocycles. The number of carbonyl (C=O) groups is 2. The highest BCUT2D eigenvalue weighted by Gasteiger charge is 2.13. The quantitative estimate of drug-likeness (QED) is 0.382.